The van der Waals surface area contributed by atoms with Crippen molar-refractivity contribution >= 4 is 17.6 Å². The van der Waals surface area contributed by atoms with Crippen LogP contribution < -0.4 is 5.32 Å². The zero-order valence-electron chi connectivity index (χ0n) is 12.4. The zero-order chi connectivity index (χ0) is 16.1. The fraction of sp³-hybridized carbons (Fsp3) is 0.0588. The number of nitrogens with zero attached hydrogens (tertiary/aromatic N) is 3. The summed E-state index contributed by atoms with van der Waals surface area (Å²) in [5.41, 5.74) is 1.70. The Morgan fingerprint density at radius 1 is 0.957 bits per heavy atom. The van der Waals surface area contributed by atoms with Crippen molar-refractivity contribution in [1.82, 2.24) is 15.0 Å². The fourth-order valence-corrected chi connectivity index (χ4v) is 2.04. The number of nitrogens with one attached hydrogen (secondary N) is 1. The molecule has 0 spiro atoms. The van der Waals surface area contributed by atoms with Gasteiger partial charge in [0.15, 0.2) is 0 Å². The van der Waals surface area contributed by atoms with Crippen molar-refractivity contribution in [2.45, 2.75) is 0 Å². The van der Waals surface area contributed by atoms with E-state index in [1.54, 1.807) is 30.6 Å². The molecule has 1 N–H and O–H groups in total. The van der Waals surface area contributed by atoms with Crippen LogP contribution in [0.15, 0.2) is 60.9 Å². The smallest absolute Gasteiger partial charge is 0.341 e. The molecular formula is C17H14N4O2. The largest absolute Gasteiger partial charge is 0.465 e. The standard InChI is InChI=1S/C17H14N4O2/c1-23-17(22)12-8-9-14(13-6-2-4-10-18-13)20-16(12)21-15-7-3-5-11-19-15/h2-11H,1H3,(H,19,20,21). The van der Waals surface area contributed by atoms with Crippen molar-refractivity contribution in [3.05, 3.63) is 66.5 Å². The molecule has 0 aliphatic carbocycles. The number of rotatable bonds is 4. The van der Waals surface area contributed by atoms with E-state index in [4.69, 9.17) is 4.74 Å². The normalized spacial score (nSPS) is 10.1. The Bertz CT molecular complexity index is 807. The predicted octanol–water partition coefficient (Wildman–Crippen LogP) is 3.07. The first-order valence-electron chi connectivity index (χ1n) is 6.97. The highest BCUT2D eigenvalue weighted by atomic mass is 16.5. The molecule has 3 aromatic rings. The number of hydrogen-bond acceptors (Lipinski definition) is 6. The van der Waals surface area contributed by atoms with Gasteiger partial charge in [-0.3, -0.25) is 4.98 Å². The van der Waals surface area contributed by atoms with Gasteiger partial charge in [-0.1, -0.05) is 12.1 Å². The number of carbonyl (C=O) groups is 1. The summed E-state index contributed by atoms with van der Waals surface area (Å²) >= 11 is 0. The van der Waals surface area contributed by atoms with Gasteiger partial charge in [-0.2, -0.15) is 0 Å². The summed E-state index contributed by atoms with van der Waals surface area (Å²) in [7, 11) is 1.33. The molecule has 0 aromatic carbocycles. The SMILES string of the molecule is COC(=O)c1ccc(-c2ccccn2)nc1Nc1ccccn1. The lowest BCUT2D eigenvalue weighted by Gasteiger charge is -2.11. The molecule has 0 unspecified atom stereocenters. The van der Waals surface area contributed by atoms with Crippen LogP contribution in [-0.2, 0) is 4.74 Å². The van der Waals surface area contributed by atoms with E-state index in [-0.39, 0.29) is 0 Å². The first-order chi connectivity index (χ1) is 11.3. The number of ether oxygens (including phenoxy) is 1. The molecule has 3 heterocycles. The average molecular weight is 306 g/mol. The molecule has 114 valence electrons. The second-order valence-electron chi connectivity index (χ2n) is 4.64. The van der Waals surface area contributed by atoms with E-state index in [1.165, 1.54) is 7.11 Å². The van der Waals surface area contributed by atoms with Gasteiger partial charge >= 0.3 is 5.97 Å². The van der Waals surface area contributed by atoms with E-state index in [0.717, 1.165) is 0 Å². The minimum atomic E-state index is -0.469. The molecule has 0 radical (unpaired) electrons. The van der Waals surface area contributed by atoms with Crippen LogP contribution in [0.2, 0.25) is 0 Å². The van der Waals surface area contributed by atoms with Crippen LogP contribution in [0.5, 0.6) is 0 Å². The molecule has 0 amide bonds. The first-order valence-corrected chi connectivity index (χ1v) is 6.97. The minimum Gasteiger partial charge on any atom is -0.465 e. The van der Waals surface area contributed by atoms with Gasteiger partial charge in [0.1, 0.15) is 17.2 Å². The lowest BCUT2D eigenvalue weighted by atomic mass is 10.2. The van der Waals surface area contributed by atoms with Crippen LogP contribution in [0, 0.1) is 0 Å². The van der Waals surface area contributed by atoms with Crippen molar-refractivity contribution in [1.29, 1.82) is 0 Å². The molecule has 0 aliphatic heterocycles. The fourth-order valence-electron chi connectivity index (χ4n) is 2.04. The van der Waals surface area contributed by atoms with Crippen LogP contribution in [0.4, 0.5) is 11.6 Å². The summed E-state index contributed by atoms with van der Waals surface area (Å²) in [4.78, 5) is 24.9. The Hall–Kier alpha value is -3.28. The Balaban J connectivity index is 2.04. The summed E-state index contributed by atoms with van der Waals surface area (Å²) in [6, 6.07) is 14.4. The van der Waals surface area contributed by atoms with Gasteiger partial charge in [-0.05, 0) is 36.4 Å². The molecule has 6 heteroatoms. The number of methoxy groups -OCH3 is 1. The van der Waals surface area contributed by atoms with Gasteiger partial charge in [-0.15, -0.1) is 0 Å². The van der Waals surface area contributed by atoms with Gasteiger partial charge in [0, 0.05) is 12.4 Å². The van der Waals surface area contributed by atoms with Gasteiger partial charge in [0.25, 0.3) is 0 Å². The quantitative estimate of drug-likeness (QED) is 0.746. The molecule has 6 nitrogen and oxygen atoms in total. The van der Waals surface area contributed by atoms with Crippen molar-refractivity contribution in [2.24, 2.45) is 0 Å². The molecule has 0 saturated heterocycles. The number of anilines is 2. The maximum absolute atomic E-state index is 11.9. The molecule has 0 aliphatic rings. The van der Waals surface area contributed by atoms with Crippen LogP contribution in [0.25, 0.3) is 11.4 Å². The second-order valence-corrected chi connectivity index (χ2v) is 4.64. The summed E-state index contributed by atoms with van der Waals surface area (Å²) in [6.07, 6.45) is 3.35. The number of hydrogen-bond donors (Lipinski definition) is 1. The summed E-state index contributed by atoms with van der Waals surface area (Å²) in [6.45, 7) is 0. The maximum Gasteiger partial charge on any atom is 0.341 e. The van der Waals surface area contributed by atoms with Crippen molar-refractivity contribution in [3.8, 4) is 11.4 Å². The molecule has 23 heavy (non-hydrogen) atoms. The van der Waals surface area contributed by atoms with E-state index in [9.17, 15) is 4.79 Å². The molecule has 0 saturated carbocycles. The van der Waals surface area contributed by atoms with E-state index in [0.29, 0.717) is 28.6 Å². The summed E-state index contributed by atoms with van der Waals surface area (Å²) < 4.78 is 4.81. The van der Waals surface area contributed by atoms with E-state index in [2.05, 4.69) is 20.3 Å². The van der Waals surface area contributed by atoms with E-state index >= 15 is 0 Å². The highest BCUT2D eigenvalue weighted by molar-refractivity contribution is 5.95. The van der Waals surface area contributed by atoms with Gasteiger partial charge in [0.2, 0.25) is 0 Å². The molecule has 3 aromatic heterocycles. The minimum absolute atomic E-state index is 0.331. The number of pyridine rings is 3. The summed E-state index contributed by atoms with van der Waals surface area (Å²) in [5.74, 6) is 0.491. The van der Waals surface area contributed by atoms with Crippen LogP contribution in [0.3, 0.4) is 0 Å². The number of aromatic nitrogens is 3. The third-order valence-corrected chi connectivity index (χ3v) is 3.14. The molecule has 0 fully saturated rings. The molecular weight excluding hydrogens is 292 g/mol. The first kappa shape index (κ1) is 14.6. The monoisotopic (exact) mass is 306 g/mol. The summed E-state index contributed by atoms with van der Waals surface area (Å²) in [5, 5.41) is 3.05. The average Bonchev–Trinajstić information content (AvgIpc) is 2.62. The lowest BCUT2D eigenvalue weighted by molar-refractivity contribution is 0.0601. The predicted molar refractivity (Wildman–Crippen MR) is 86.3 cm³/mol. The van der Waals surface area contributed by atoms with E-state index in [1.807, 2.05) is 30.3 Å². The van der Waals surface area contributed by atoms with Crippen molar-refractivity contribution in [2.75, 3.05) is 12.4 Å². The molecule has 0 atom stereocenters. The Morgan fingerprint density at radius 2 is 1.74 bits per heavy atom. The van der Waals surface area contributed by atoms with Gasteiger partial charge in [0.05, 0.1) is 18.5 Å². The van der Waals surface area contributed by atoms with Crippen molar-refractivity contribution in [3.63, 3.8) is 0 Å². The van der Waals surface area contributed by atoms with Crippen LogP contribution >= 0.6 is 0 Å². The third kappa shape index (κ3) is 3.32. The Morgan fingerprint density at radius 3 is 2.39 bits per heavy atom. The highest BCUT2D eigenvalue weighted by Gasteiger charge is 2.15. The van der Waals surface area contributed by atoms with Crippen LogP contribution in [-0.4, -0.2) is 28.0 Å². The maximum atomic E-state index is 11.9. The number of carbonyl (C=O) groups excluding carboxylic acids is 1. The number of esters is 1. The second kappa shape index (κ2) is 6.65. The highest BCUT2D eigenvalue weighted by Crippen LogP contribution is 2.23. The van der Waals surface area contributed by atoms with E-state index < -0.39 is 5.97 Å². The zero-order valence-corrected chi connectivity index (χ0v) is 12.4. The molecule has 3 rings (SSSR count). The topological polar surface area (TPSA) is 77.0 Å². The molecule has 0 bridgehead atoms. The third-order valence-electron chi connectivity index (χ3n) is 3.14. The Labute approximate surface area is 133 Å². The van der Waals surface area contributed by atoms with Crippen LogP contribution in [0.1, 0.15) is 10.4 Å². The van der Waals surface area contributed by atoms with Crippen molar-refractivity contribution < 1.29 is 9.53 Å². The lowest BCUT2D eigenvalue weighted by Crippen LogP contribution is -2.08. The van der Waals surface area contributed by atoms with Gasteiger partial charge in [-0.25, -0.2) is 14.8 Å². The Kier molecular flexibility index (Phi) is 4.24. The van der Waals surface area contributed by atoms with Gasteiger partial charge < -0.3 is 10.1 Å².